The number of benzene rings is 1. The molecule has 0 fully saturated rings. The molecule has 0 bridgehead atoms. The molecule has 0 spiro atoms. The molecule has 0 saturated carbocycles. The van der Waals surface area contributed by atoms with Crippen LogP contribution in [0.15, 0.2) is 30.3 Å². The molecule has 0 aromatic heterocycles. The van der Waals surface area contributed by atoms with Gasteiger partial charge in [-0.2, -0.15) is 0 Å². The molecule has 0 heterocycles. The summed E-state index contributed by atoms with van der Waals surface area (Å²) in [6.45, 7) is 0.588. The van der Waals surface area contributed by atoms with Gasteiger partial charge < -0.3 is 20.9 Å². The lowest BCUT2D eigenvalue weighted by molar-refractivity contribution is -0.123. The van der Waals surface area contributed by atoms with Gasteiger partial charge in [-0.3, -0.25) is 4.79 Å². The van der Waals surface area contributed by atoms with Crippen LogP contribution >= 0.6 is 0 Å². The number of nitrogens with one attached hydrogen (secondary N) is 1. The highest BCUT2D eigenvalue weighted by atomic mass is 16.5. The lowest BCUT2D eigenvalue weighted by Crippen LogP contribution is -2.39. The maximum absolute atomic E-state index is 11.9. The Balaban J connectivity index is 2.53. The fourth-order valence-corrected chi connectivity index (χ4v) is 1.67. The predicted molar refractivity (Wildman–Crippen MR) is 69.1 cm³/mol. The van der Waals surface area contributed by atoms with E-state index in [9.17, 15) is 9.90 Å². The number of hydrogen-bond donors (Lipinski definition) is 3. The third-order valence-electron chi connectivity index (χ3n) is 2.63. The summed E-state index contributed by atoms with van der Waals surface area (Å²) >= 11 is 0. The second-order valence-corrected chi connectivity index (χ2v) is 4.05. The Morgan fingerprint density at radius 2 is 2.11 bits per heavy atom. The van der Waals surface area contributed by atoms with Gasteiger partial charge in [0.25, 0.3) is 0 Å². The molecule has 5 heteroatoms. The van der Waals surface area contributed by atoms with Gasteiger partial charge in [0.1, 0.15) is 0 Å². The zero-order valence-corrected chi connectivity index (χ0v) is 10.5. The van der Waals surface area contributed by atoms with Crippen LogP contribution in [0.4, 0.5) is 0 Å². The van der Waals surface area contributed by atoms with E-state index in [4.69, 9.17) is 10.5 Å². The van der Waals surface area contributed by atoms with Gasteiger partial charge in [-0.05, 0) is 5.56 Å². The zero-order valence-electron chi connectivity index (χ0n) is 10.5. The van der Waals surface area contributed by atoms with Crippen LogP contribution in [0.3, 0.4) is 0 Å². The summed E-state index contributed by atoms with van der Waals surface area (Å²) in [7, 11) is 1.50. The van der Waals surface area contributed by atoms with Gasteiger partial charge in [0.2, 0.25) is 5.91 Å². The SMILES string of the molecule is COCC(O)CNC(=O)C(CN)c1ccccc1. The molecule has 1 aromatic carbocycles. The first-order valence-electron chi connectivity index (χ1n) is 5.88. The van der Waals surface area contributed by atoms with Crippen molar-refractivity contribution in [3.05, 3.63) is 35.9 Å². The second-order valence-electron chi connectivity index (χ2n) is 4.05. The summed E-state index contributed by atoms with van der Waals surface area (Å²) < 4.78 is 4.78. The van der Waals surface area contributed by atoms with E-state index in [1.807, 2.05) is 30.3 Å². The van der Waals surface area contributed by atoms with Crippen LogP contribution < -0.4 is 11.1 Å². The van der Waals surface area contributed by atoms with Gasteiger partial charge in [-0.1, -0.05) is 30.3 Å². The largest absolute Gasteiger partial charge is 0.389 e. The molecule has 100 valence electrons. The average Bonchev–Trinajstić information content (AvgIpc) is 2.39. The van der Waals surface area contributed by atoms with Crippen molar-refractivity contribution in [2.75, 3.05) is 26.8 Å². The molecular formula is C13H20N2O3. The summed E-state index contributed by atoms with van der Waals surface area (Å²) in [5.74, 6) is -0.570. The maximum atomic E-state index is 11.9. The molecule has 1 amide bonds. The molecule has 4 N–H and O–H groups in total. The third-order valence-corrected chi connectivity index (χ3v) is 2.63. The first kappa shape index (κ1) is 14.6. The fraction of sp³-hybridized carbons (Fsp3) is 0.462. The normalized spacial score (nSPS) is 13.9. The number of methoxy groups -OCH3 is 1. The summed E-state index contributed by atoms with van der Waals surface area (Å²) in [5, 5.41) is 12.1. The van der Waals surface area contributed by atoms with E-state index in [1.165, 1.54) is 7.11 Å². The molecule has 2 unspecified atom stereocenters. The van der Waals surface area contributed by atoms with Gasteiger partial charge in [0.05, 0.1) is 18.6 Å². The highest BCUT2D eigenvalue weighted by Gasteiger charge is 2.19. The van der Waals surface area contributed by atoms with Crippen LogP contribution in [0.2, 0.25) is 0 Å². The van der Waals surface area contributed by atoms with E-state index >= 15 is 0 Å². The molecule has 0 aliphatic carbocycles. The van der Waals surface area contributed by atoms with Crippen molar-refractivity contribution < 1.29 is 14.6 Å². The topological polar surface area (TPSA) is 84.6 Å². The minimum atomic E-state index is -0.701. The molecule has 0 aliphatic rings. The molecule has 1 rings (SSSR count). The van der Waals surface area contributed by atoms with Crippen LogP contribution in [0.1, 0.15) is 11.5 Å². The number of ether oxygens (including phenoxy) is 1. The van der Waals surface area contributed by atoms with Crippen LogP contribution in [-0.4, -0.2) is 43.9 Å². The first-order valence-corrected chi connectivity index (χ1v) is 5.88. The average molecular weight is 252 g/mol. The van der Waals surface area contributed by atoms with Crippen molar-refractivity contribution in [1.82, 2.24) is 5.32 Å². The van der Waals surface area contributed by atoms with Gasteiger partial charge in [-0.25, -0.2) is 0 Å². The monoisotopic (exact) mass is 252 g/mol. The minimum absolute atomic E-state index is 0.163. The Morgan fingerprint density at radius 3 is 2.67 bits per heavy atom. The second kappa shape index (κ2) is 7.81. The number of hydrogen-bond acceptors (Lipinski definition) is 4. The summed E-state index contributed by atoms with van der Waals surface area (Å²) in [6.07, 6.45) is -0.701. The van der Waals surface area contributed by atoms with E-state index in [0.29, 0.717) is 0 Å². The quantitative estimate of drug-likeness (QED) is 0.630. The molecule has 5 nitrogen and oxygen atoms in total. The van der Waals surface area contributed by atoms with E-state index < -0.39 is 6.10 Å². The van der Waals surface area contributed by atoms with Crippen molar-refractivity contribution in [3.63, 3.8) is 0 Å². The molecular weight excluding hydrogens is 232 g/mol. The highest BCUT2D eigenvalue weighted by molar-refractivity contribution is 5.83. The van der Waals surface area contributed by atoms with Gasteiger partial charge >= 0.3 is 0 Å². The number of aliphatic hydroxyl groups is 1. The van der Waals surface area contributed by atoms with Gasteiger partial charge in [0, 0.05) is 20.2 Å². The number of rotatable bonds is 7. The van der Waals surface area contributed by atoms with Crippen molar-refractivity contribution in [2.24, 2.45) is 5.73 Å². The fourth-order valence-electron chi connectivity index (χ4n) is 1.67. The standard InChI is InChI=1S/C13H20N2O3/c1-18-9-11(16)8-15-13(17)12(7-14)10-5-3-2-4-6-10/h2-6,11-12,16H,7-9,14H2,1H3,(H,15,17). The minimum Gasteiger partial charge on any atom is -0.389 e. The molecule has 0 radical (unpaired) electrons. The van der Waals surface area contributed by atoms with E-state index in [-0.39, 0.29) is 31.5 Å². The van der Waals surface area contributed by atoms with Crippen LogP contribution in [0.5, 0.6) is 0 Å². The molecule has 0 saturated heterocycles. The Morgan fingerprint density at radius 1 is 1.44 bits per heavy atom. The van der Waals surface area contributed by atoms with Gasteiger partial charge in [-0.15, -0.1) is 0 Å². The van der Waals surface area contributed by atoms with Crippen LogP contribution in [0.25, 0.3) is 0 Å². The third kappa shape index (κ3) is 4.44. The number of carbonyl (C=O) groups is 1. The lowest BCUT2D eigenvalue weighted by atomic mass is 9.98. The van der Waals surface area contributed by atoms with Crippen LogP contribution in [0, 0.1) is 0 Å². The Kier molecular flexibility index (Phi) is 6.35. The van der Waals surface area contributed by atoms with E-state index in [1.54, 1.807) is 0 Å². The number of amides is 1. The van der Waals surface area contributed by atoms with Crippen molar-refractivity contribution in [3.8, 4) is 0 Å². The number of aliphatic hydroxyl groups excluding tert-OH is 1. The van der Waals surface area contributed by atoms with E-state index in [0.717, 1.165) is 5.56 Å². The zero-order chi connectivity index (χ0) is 13.4. The molecule has 0 aliphatic heterocycles. The molecule has 1 aromatic rings. The Bertz CT molecular complexity index is 357. The first-order chi connectivity index (χ1) is 8.69. The maximum Gasteiger partial charge on any atom is 0.228 e. The Labute approximate surface area is 107 Å². The smallest absolute Gasteiger partial charge is 0.228 e. The molecule has 18 heavy (non-hydrogen) atoms. The molecule has 2 atom stereocenters. The summed E-state index contributed by atoms with van der Waals surface area (Å²) in [5.41, 5.74) is 6.50. The van der Waals surface area contributed by atoms with Crippen LogP contribution in [-0.2, 0) is 9.53 Å². The Hall–Kier alpha value is -1.43. The summed E-state index contributed by atoms with van der Waals surface area (Å²) in [6, 6.07) is 9.35. The number of carbonyl (C=O) groups excluding carboxylic acids is 1. The van der Waals surface area contributed by atoms with E-state index in [2.05, 4.69) is 5.32 Å². The lowest BCUT2D eigenvalue weighted by Gasteiger charge is -2.17. The van der Waals surface area contributed by atoms with Crippen molar-refractivity contribution in [1.29, 1.82) is 0 Å². The van der Waals surface area contributed by atoms with Gasteiger partial charge in [0.15, 0.2) is 0 Å². The predicted octanol–water partition coefficient (Wildman–Crippen LogP) is -0.148. The highest BCUT2D eigenvalue weighted by Crippen LogP contribution is 2.13. The summed E-state index contributed by atoms with van der Waals surface area (Å²) in [4.78, 5) is 11.9. The number of nitrogens with two attached hydrogens (primary N) is 1. The van der Waals surface area contributed by atoms with Crippen molar-refractivity contribution in [2.45, 2.75) is 12.0 Å². The van der Waals surface area contributed by atoms with Crippen molar-refractivity contribution >= 4 is 5.91 Å².